The summed E-state index contributed by atoms with van der Waals surface area (Å²) in [7, 11) is 0. The first-order valence-electron chi connectivity index (χ1n) is 31.2. The van der Waals surface area contributed by atoms with Gasteiger partial charge < -0.3 is 14.7 Å². The van der Waals surface area contributed by atoms with Crippen molar-refractivity contribution >= 4 is 57.5 Å². The lowest BCUT2D eigenvalue weighted by molar-refractivity contribution is 0.194. The van der Waals surface area contributed by atoms with Gasteiger partial charge in [-0.1, -0.05) is 215 Å². The van der Waals surface area contributed by atoms with Crippen molar-refractivity contribution < 1.29 is 4.11 Å². The molecular weight excluding hydrogens is 930 g/mol. The minimum atomic E-state index is -0.479. The highest BCUT2D eigenvalue weighted by molar-refractivity contribution is 6.96. The van der Waals surface area contributed by atoms with Gasteiger partial charge in [0, 0.05) is 61.5 Å². The predicted octanol–water partition coefficient (Wildman–Crippen LogP) is 18.3. The summed E-state index contributed by atoms with van der Waals surface area (Å²) in [4.78, 5) is 8.20. The van der Waals surface area contributed by atoms with Crippen LogP contribution >= 0.6 is 0 Å². The Morgan fingerprint density at radius 3 is 1.66 bits per heavy atom. The maximum Gasteiger partial charge on any atom is 0.248 e. The van der Waals surface area contributed by atoms with E-state index in [9.17, 15) is 4.11 Å². The number of rotatable bonds is 3. The van der Waals surface area contributed by atoms with Gasteiger partial charge in [0.1, 0.15) is 0 Å². The van der Waals surface area contributed by atoms with E-state index < -0.39 is 16.4 Å². The van der Waals surface area contributed by atoms with E-state index in [0.29, 0.717) is 11.6 Å². The number of hydrogen-bond acceptors (Lipinski definition) is 3. The maximum atomic E-state index is 10.4. The van der Waals surface area contributed by atoms with Crippen molar-refractivity contribution in [2.24, 2.45) is 0 Å². The van der Waals surface area contributed by atoms with Gasteiger partial charge in [0.05, 0.1) is 20.9 Å². The lowest BCUT2D eigenvalue weighted by Gasteiger charge is -2.54. The minimum Gasteiger partial charge on any atom is -0.335 e. The van der Waals surface area contributed by atoms with Crippen LogP contribution in [0.2, 0.25) is 0 Å². The van der Waals surface area contributed by atoms with Crippen LogP contribution in [0.5, 0.6) is 0 Å². The molecule has 6 aromatic carbocycles. The van der Waals surface area contributed by atoms with Crippen LogP contribution in [0, 0.1) is 0 Å². The Hall–Kier alpha value is -5.48. The quantitative estimate of drug-likeness (QED) is 0.164. The summed E-state index contributed by atoms with van der Waals surface area (Å²) in [5.74, 6) is 0. The van der Waals surface area contributed by atoms with E-state index in [1.807, 2.05) is 0 Å². The SMILES string of the molecule is [2H]c1c([2H])c(C(C)(C)C)c([2H])c2c1N(c1cc3c4c(c1)N1c5c(cc(C(C)(C)C)cc5C5(C)CCCCC15C)B4C1=C(c4cc(C(C)(C)C)ccc4C1(C)C)N3c1ccc(C(C)(C)C)cc1-c1ccccc1)C1(C)CCCCC21C. The highest BCUT2D eigenvalue weighted by Gasteiger charge is 2.64. The van der Waals surface area contributed by atoms with Crippen LogP contribution in [0.25, 0.3) is 16.8 Å². The Kier molecular flexibility index (Phi) is 9.80. The van der Waals surface area contributed by atoms with E-state index in [-0.39, 0.29) is 51.4 Å². The molecule has 4 aliphatic heterocycles. The Bertz CT molecular complexity index is 3710. The van der Waals surface area contributed by atoms with Crippen molar-refractivity contribution in [2.75, 3.05) is 14.7 Å². The molecule has 0 aromatic heterocycles. The lowest BCUT2D eigenvalue weighted by Crippen LogP contribution is -2.62. The summed E-state index contributed by atoms with van der Waals surface area (Å²) >= 11 is 0. The molecule has 2 saturated carbocycles. The van der Waals surface area contributed by atoms with Crippen LogP contribution in [-0.2, 0) is 37.9 Å². The molecule has 0 saturated heterocycles. The third kappa shape index (κ3) is 6.75. The van der Waals surface area contributed by atoms with Crippen molar-refractivity contribution in [3.63, 3.8) is 0 Å². The van der Waals surface area contributed by atoms with Crippen molar-refractivity contribution in [1.82, 2.24) is 0 Å². The van der Waals surface area contributed by atoms with Gasteiger partial charge in [0.15, 0.2) is 0 Å². The standard InChI is InChI=1S/C73H88BN3/c1-65(2,3)46-28-31-53-52(39-46)62-64(69(53,13)14)74-56-42-49(68(10,11)12)41-55-63(56)77(73(18)37-25-23-35-71(55,73)16)60-44-50(76-58-33-30-48(67(7,8)9)40-54(58)70(15)34-22-24-36-72(70,76)17)43-59(61(60)74)75(62)57-32-29-47(66(4,5)6)38-51(57)45-26-20-19-21-27-45/h19-21,26-33,38-44H,22-25,34-37H2,1-18H3/i30D,33D,40D. The van der Waals surface area contributed by atoms with E-state index >= 15 is 0 Å². The molecule has 3 aliphatic carbocycles. The van der Waals surface area contributed by atoms with Crippen molar-refractivity contribution in [3.05, 3.63) is 159 Å². The number of benzene rings is 6. The van der Waals surface area contributed by atoms with Gasteiger partial charge in [-0.15, -0.1) is 0 Å². The van der Waals surface area contributed by atoms with Gasteiger partial charge in [0.25, 0.3) is 0 Å². The minimum absolute atomic E-state index is 0.0587. The Balaban J connectivity index is 1.24. The lowest BCUT2D eigenvalue weighted by atomic mass is 9.30. The van der Waals surface area contributed by atoms with Crippen molar-refractivity contribution in [3.8, 4) is 11.1 Å². The summed E-state index contributed by atoms with van der Waals surface area (Å²) in [6.07, 6.45) is 8.59. The fourth-order valence-electron chi connectivity index (χ4n) is 16.5. The summed E-state index contributed by atoms with van der Waals surface area (Å²) in [6.45, 7) is 42.8. The van der Waals surface area contributed by atoms with E-state index in [4.69, 9.17) is 0 Å². The molecular formula is C73H88BN3. The molecule has 0 bridgehead atoms. The molecule has 0 radical (unpaired) electrons. The largest absolute Gasteiger partial charge is 0.335 e. The molecule has 4 atom stereocenters. The number of nitrogens with zero attached hydrogens (tertiary/aromatic N) is 3. The molecule has 398 valence electrons. The smallest absolute Gasteiger partial charge is 0.248 e. The fourth-order valence-corrected chi connectivity index (χ4v) is 16.5. The summed E-state index contributed by atoms with van der Waals surface area (Å²) in [5.41, 5.74) is 22.4. The van der Waals surface area contributed by atoms with Gasteiger partial charge in [-0.25, -0.2) is 0 Å². The van der Waals surface area contributed by atoms with E-state index in [0.717, 1.165) is 61.2 Å². The zero-order chi connectivity index (χ0) is 57.4. The molecule has 7 aliphatic rings. The normalized spacial score (nSPS) is 26.3. The molecule has 6 aromatic rings. The van der Waals surface area contributed by atoms with Crippen LogP contribution in [0.15, 0.2) is 115 Å². The second-order valence-electron chi connectivity index (χ2n) is 30.6. The molecule has 0 N–H and O–H groups in total. The topological polar surface area (TPSA) is 9.72 Å². The Labute approximate surface area is 469 Å². The molecule has 4 heterocycles. The van der Waals surface area contributed by atoms with Gasteiger partial charge in [-0.3, -0.25) is 0 Å². The van der Waals surface area contributed by atoms with Gasteiger partial charge >= 0.3 is 0 Å². The second-order valence-corrected chi connectivity index (χ2v) is 30.6. The van der Waals surface area contributed by atoms with Crippen LogP contribution in [-0.4, -0.2) is 17.8 Å². The number of hydrogen-bond donors (Lipinski definition) is 0. The third-order valence-electron chi connectivity index (χ3n) is 21.6. The zero-order valence-electron chi connectivity index (χ0n) is 53.2. The maximum absolute atomic E-state index is 10.4. The van der Waals surface area contributed by atoms with Crippen molar-refractivity contribution in [1.29, 1.82) is 0 Å². The fraction of sp³-hybridized carbons (Fsp3) is 0.479. The first kappa shape index (κ1) is 47.5. The second kappa shape index (κ2) is 15.9. The first-order valence-corrected chi connectivity index (χ1v) is 29.7. The molecule has 4 heteroatoms. The van der Waals surface area contributed by atoms with Gasteiger partial charge in [0.2, 0.25) is 6.71 Å². The number of allylic oxidation sites excluding steroid dienone is 1. The third-order valence-corrected chi connectivity index (χ3v) is 21.6. The van der Waals surface area contributed by atoms with Crippen LogP contribution < -0.4 is 25.6 Å². The predicted molar refractivity (Wildman–Crippen MR) is 332 cm³/mol. The first-order chi connectivity index (χ1) is 37.2. The van der Waals surface area contributed by atoms with Crippen LogP contribution in [0.4, 0.5) is 34.1 Å². The van der Waals surface area contributed by atoms with Crippen LogP contribution in [0.1, 0.15) is 225 Å². The van der Waals surface area contributed by atoms with E-state index in [1.165, 1.54) is 96.5 Å². The highest BCUT2D eigenvalue weighted by Crippen LogP contribution is 2.67. The molecule has 3 nitrogen and oxygen atoms in total. The average molecular weight is 1020 g/mol. The summed E-state index contributed by atoms with van der Waals surface area (Å²) in [6, 6.07) is 37.3. The van der Waals surface area contributed by atoms with E-state index in [1.54, 1.807) is 0 Å². The van der Waals surface area contributed by atoms with Gasteiger partial charge in [-0.05, 0) is 153 Å². The summed E-state index contributed by atoms with van der Waals surface area (Å²) < 4.78 is 30.6. The summed E-state index contributed by atoms with van der Waals surface area (Å²) in [5, 5.41) is 0. The van der Waals surface area contributed by atoms with Crippen molar-refractivity contribution in [2.45, 2.75) is 225 Å². The number of fused-ring (bicyclic) bond motifs is 11. The zero-order valence-corrected chi connectivity index (χ0v) is 50.2. The van der Waals surface area contributed by atoms with E-state index in [2.05, 4.69) is 230 Å². The average Bonchev–Trinajstić information content (AvgIpc) is 3.88. The van der Waals surface area contributed by atoms with Gasteiger partial charge in [-0.2, -0.15) is 0 Å². The number of anilines is 6. The Morgan fingerprint density at radius 2 is 1.04 bits per heavy atom. The molecule has 0 amide bonds. The molecule has 2 fully saturated rings. The molecule has 0 spiro atoms. The monoisotopic (exact) mass is 1020 g/mol. The van der Waals surface area contributed by atoms with Crippen LogP contribution in [0.3, 0.4) is 0 Å². The Morgan fingerprint density at radius 1 is 0.481 bits per heavy atom. The highest BCUT2D eigenvalue weighted by atomic mass is 15.3. The molecule has 77 heavy (non-hydrogen) atoms. The molecule has 4 unspecified atom stereocenters. The molecule has 13 rings (SSSR count).